The van der Waals surface area contributed by atoms with Crippen LogP contribution in [0, 0.1) is 0 Å². The molecule has 156 valence electrons. The Morgan fingerprint density at radius 2 is 1.43 bits per heavy atom. The second-order valence-corrected chi connectivity index (χ2v) is 7.76. The third-order valence-electron chi connectivity index (χ3n) is 5.40. The summed E-state index contributed by atoms with van der Waals surface area (Å²) in [5, 5.41) is 0. The van der Waals surface area contributed by atoms with E-state index in [1.54, 1.807) is 0 Å². The van der Waals surface area contributed by atoms with Crippen LogP contribution in [0.15, 0.2) is 78.9 Å². The van der Waals surface area contributed by atoms with Crippen LogP contribution in [0.5, 0.6) is 5.75 Å². The van der Waals surface area contributed by atoms with E-state index in [1.165, 1.54) is 33.4 Å². The van der Waals surface area contributed by atoms with Crippen LogP contribution in [-0.4, -0.2) is 32.1 Å². The number of ether oxygens (including phenoxy) is 1. The molecule has 0 atom stereocenters. The summed E-state index contributed by atoms with van der Waals surface area (Å²) in [5.74, 6) is 0.918. The van der Waals surface area contributed by atoms with Crippen LogP contribution in [0.3, 0.4) is 0 Å². The van der Waals surface area contributed by atoms with Gasteiger partial charge in [0.05, 0.1) is 0 Å². The Labute approximate surface area is 181 Å². The fourth-order valence-corrected chi connectivity index (χ4v) is 3.79. The van der Waals surface area contributed by atoms with Crippen molar-refractivity contribution in [3.8, 4) is 5.75 Å². The van der Waals surface area contributed by atoms with Gasteiger partial charge in [-0.3, -0.25) is 0 Å². The van der Waals surface area contributed by atoms with Crippen molar-refractivity contribution < 1.29 is 4.74 Å². The number of aryl methyl sites for hydroxylation is 1. The maximum atomic E-state index is 5.92. The highest BCUT2D eigenvalue weighted by molar-refractivity contribution is 5.99. The number of allylic oxidation sites excluding steroid dienone is 1. The Kier molecular flexibility index (Phi) is 7.87. The molecule has 3 aromatic carbocycles. The minimum atomic E-state index is 0.692. The van der Waals surface area contributed by atoms with Gasteiger partial charge in [-0.05, 0) is 72.5 Å². The van der Waals surface area contributed by atoms with E-state index in [2.05, 4.69) is 112 Å². The average molecular weight is 400 g/mol. The third-order valence-corrected chi connectivity index (χ3v) is 5.40. The van der Waals surface area contributed by atoms with Crippen molar-refractivity contribution in [3.05, 3.63) is 101 Å². The Hall–Kier alpha value is -2.84. The second-order valence-electron chi connectivity index (χ2n) is 7.76. The molecular weight excluding hydrogens is 366 g/mol. The topological polar surface area (TPSA) is 12.5 Å². The Balaban J connectivity index is 2.08. The van der Waals surface area contributed by atoms with Gasteiger partial charge in [-0.2, -0.15) is 0 Å². The van der Waals surface area contributed by atoms with Gasteiger partial charge in [0.25, 0.3) is 0 Å². The Bertz CT molecular complexity index is 955. The van der Waals surface area contributed by atoms with Gasteiger partial charge in [-0.15, -0.1) is 0 Å². The summed E-state index contributed by atoms with van der Waals surface area (Å²) in [6, 6.07) is 28.1. The first-order valence-electron chi connectivity index (χ1n) is 10.9. The summed E-state index contributed by atoms with van der Waals surface area (Å²) in [7, 11) is 4.12. The molecule has 0 aliphatic heterocycles. The quantitative estimate of drug-likeness (QED) is 0.378. The zero-order valence-corrected chi connectivity index (χ0v) is 18.7. The van der Waals surface area contributed by atoms with Gasteiger partial charge in [0.2, 0.25) is 0 Å². The molecule has 2 nitrogen and oxygen atoms in total. The van der Waals surface area contributed by atoms with Crippen molar-refractivity contribution in [3.63, 3.8) is 0 Å². The molecule has 0 saturated heterocycles. The fourth-order valence-electron chi connectivity index (χ4n) is 3.79. The fraction of sp³-hybridized carbons (Fsp3) is 0.286. The first-order valence-corrected chi connectivity index (χ1v) is 10.9. The maximum Gasteiger partial charge on any atom is 0.119 e. The van der Waals surface area contributed by atoms with Gasteiger partial charge in [0.15, 0.2) is 0 Å². The zero-order chi connectivity index (χ0) is 21.3. The molecule has 0 aromatic heterocycles. The lowest BCUT2D eigenvalue weighted by Gasteiger charge is -2.19. The van der Waals surface area contributed by atoms with Gasteiger partial charge in [0, 0.05) is 6.54 Å². The number of nitrogens with zero attached hydrogens (tertiary/aromatic N) is 1. The normalized spacial score (nSPS) is 12.0. The van der Waals surface area contributed by atoms with E-state index in [9.17, 15) is 0 Å². The first-order chi connectivity index (χ1) is 14.6. The SMILES string of the molecule is CCC(=C(c1ccc(OCCN(C)C)cc1)c1ccccc1CC)c1ccccc1. The summed E-state index contributed by atoms with van der Waals surface area (Å²) in [5.41, 5.74) is 7.91. The molecule has 0 spiro atoms. The van der Waals surface area contributed by atoms with Gasteiger partial charge in [-0.25, -0.2) is 0 Å². The monoisotopic (exact) mass is 399 g/mol. The van der Waals surface area contributed by atoms with Crippen molar-refractivity contribution in [2.75, 3.05) is 27.2 Å². The minimum absolute atomic E-state index is 0.692. The lowest BCUT2D eigenvalue weighted by molar-refractivity contribution is 0.261. The number of likely N-dealkylation sites (N-methyl/N-ethyl adjacent to an activating group) is 1. The van der Waals surface area contributed by atoms with Gasteiger partial charge in [0.1, 0.15) is 12.4 Å². The van der Waals surface area contributed by atoms with Gasteiger partial charge >= 0.3 is 0 Å². The molecule has 0 unspecified atom stereocenters. The van der Waals surface area contributed by atoms with Crippen molar-refractivity contribution >= 4 is 11.1 Å². The molecule has 0 aliphatic carbocycles. The largest absolute Gasteiger partial charge is 0.492 e. The number of benzene rings is 3. The molecule has 3 aromatic rings. The summed E-state index contributed by atoms with van der Waals surface area (Å²) >= 11 is 0. The van der Waals surface area contributed by atoms with Crippen LogP contribution in [-0.2, 0) is 6.42 Å². The molecule has 0 radical (unpaired) electrons. The molecule has 0 heterocycles. The number of rotatable bonds is 9. The second kappa shape index (κ2) is 10.8. The molecule has 3 rings (SSSR count). The van der Waals surface area contributed by atoms with Crippen molar-refractivity contribution in [2.45, 2.75) is 26.7 Å². The molecule has 0 saturated carbocycles. The molecule has 30 heavy (non-hydrogen) atoms. The average Bonchev–Trinajstić information content (AvgIpc) is 2.78. The van der Waals surface area contributed by atoms with E-state index in [4.69, 9.17) is 4.74 Å². The van der Waals surface area contributed by atoms with Crippen LogP contribution in [0.25, 0.3) is 11.1 Å². The molecule has 2 heteroatoms. The van der Waals surface area contributed by atoms with Crippen molar-refractivity contribution in [1.29, 1.82) is 0 Å². The minimum Gasteiger partial charge on any atom is -0.492 e. The van der Waals surface area contributed by atoms with Crippen LogP contribution >= 0.6 is 0 Å². The summed E-state index contributed by atoms with van der Waals surface area (Å²) in [6.45, 7) is 6.07. The lowest BCUT2D eigenvalue weighted by Crippen LogP contribution is -2.19. The summed E-state index contributed by atoms with van der Waals surface area (Å²) < 4.78 is 5.92. The number of hydrogen-bond acceptors (Lipinski definition) is 2. The zero-order valence-electron chi connectivity index (χ0n) is 18.7. The van der Waals surface area contributed by atoms with Gasteiger partial charge < -0.3 is 9.64 Å². The molecule has 0 bridgehead atoms. The highest BCUT2D eigenvalue weighted by Gasteiger charge is 2.15. The standard InChI is InChI=1S/C28H33NO/c1-5-22-12-10-11-15-27(22)28(26(6-2)23-13-8-7-9-14-23)24-16-18-25(19-17-24)30-21-20-29(3)4/h7-19H,5-6,20-21H2,1-4H3. The van der Waals surface area contributed by atoms with E-state index in [-0.39, 0.29) is 0 Å². The van der Waals surface area contributed by atoms with E-state index in [0.29, 0.717) is 6.61 Å². The highest BCUT2D eigenvalue weighted by atomic mass is 16.5. The van der Waals surface area contributed by atoms with Crippen LogP contribution in [0.4, 0.5) is 0 Å². The summed E-state index contributed by atoms with van der Waals surface area (Å²) in [6.07, 6.45) is 1.98. The molecule has 0 aliphatic rings. The predicted molar refractivity (Wildman–Crippen MR) is 129 cm³/mol. The van der Waals surface area contributed by atoms with E-state index < -0.39 is 0 Å². The number of hydrogen-bond donors (Lipinski definition) is 0. The van der Waals surface area contributed by atoms with E-state index in [0.717, 1.165) is 25.1 Å². The molecule has 0 amide bonds. The van der Waals surface area contributed by atoms with E-state index in [1.807, 2.05) is 0 Å². The predicted octanol–water partition coefficient (Wildman–Crippen LogP) is 6.56. The van der Waals surface area contributed by atoms with Crippen LogP contribution in [0.2, 0.25) is 0 Å². The Morgan fingerprint density at radius 3 is 2.07 bits per heavy atom. The molecule has 0 N–H and O–H groups in total. The summed E-state index contributed by atoms with van der Waals surface area (Å²) in [4.78, 5) is 2.13. The van der Waals surface area contributed by atoms with Crippen LogP contribution in [0.1, 0.15) is 42.5 Å². The highest BCUT2D eigenvalue weighted by Crippen LogP contribution is 2.36. The third kappa shape index (κ3) is 5.40. The molecule has 0 fully saturated rings. The maximum absolute atomic E-state index is 5.92. The van der Waals surface area contributed by atoms with E-state index >= 15 is 0 Å². The van der Waals surface area contributed by atoms with Crippen LogP contribution < -0.4 is 4.74 Å². The molecular formula is C28H33NO. The smallest absolute Gasteiger partial charge is 0.119 e. The van der Waals surface area contributed by atoms with Crippen molar-refractivity contribution in [1.82, 2.24) is 4.90 Å². The Morgan fingerprint density at radius 1 is 0.767 bits per heavy atom. The first kappa shape index (κ1) is 21.9. The lowest BCUT2D eigenvalue weighted by atomic mass is 9.85. The van der Waals surface area contributed by atoms with Crippen molar-refractivity contribution in [2.24, 2.45) is 0 Å². The van der Waals surface area contributed by atoms with Gasteiger partial charge in [-0.1, -0.05) is 80.6 Å².